The second kappa shape index (κ2) is 6.48. The standard InChI is InChI=1S/C16H19FN2O/c1-4-18-15(13-8-7-12(17)10-11(13)2)14-6-5-9-19-16(14)20-3/h5-10,15,18H,4H2,1-3H3. The van der Waals surface area contributed by atoms with Crippen molar-refractivity contribution >= 4 is 0 Å². The summed E-state index contributed by atoms with van der Waals surface area (Å²) in [7, 11) is 1.60. The second-order valence-corrected chi connectivity index (χ2v) is 4.59. The topological polar surface area (TPSA) is 34.2 Å². The Bertz CT molecular complexity index is 586. The number of nitrogens with zero attached hydrogens (tertiary/aromatic N) is 1. The molecule has 4 heteroatoms. The molecule has 0 saturated carbocycles. The van der Waals surface area contributed by atoms with E-state index in [4.69, 9.17) is 4.74 Å². The second-order valence-electron chi connectivity index (χ2n) is 4.59. The van der Waals surface area contributed by atoms with Crippen LogP contribution < -0.4 is 10.1 Å². The van der Waals surface area contributed by atoms with Gasteiger partial charge < -0.3 is 10.1 Å². The number of methoxy groups -OCH3 is 1. The number of aromatic nitrogens is 1. The van der Waals surface area contributed by atoms with Crippen molar-refractivity contribution in [2.45, 2.75) is 19.9 Å². The molecular formula is C16H19FN2O. The van der Waals surface area contributed by atoms with E-state index in [-0.39, 0.29) is 11.9 Å². The molecule has 2 aromatic rings. The lowest BCUT2D eigenvalue weighted by Gasteiger charge is -2.22. The third-order valence-electron chi connectivity index (χ3n) is 3.26. The van der Waals surface area contributed by atoms with E-state index in [2.05, 4.69) is 10.3 Å². The van der Waals surface area contributed by atoms with E-state index in [9.17, 15) is 4.39 Å². The predicted molar refractivity (Wildman–Crippen MR) is 77.4 cm³/mol. The molecule has 1 aromatic heterocycles. The highest BCUT2D eigenvalue weighted by molar-refractivity contribution is 5.40. The molecule has 106 valence electrons. The third kappa shape index (κ3) is 2.96. The molecule has 0 bridgehead atoms. The van der Waals surface area contributed by atoms with Gasteiger partial charge in [0.05, 0.1) is 13.2 Å². The van der Waals surface area contributed by atoms with Crippen molar-refractivity contribution < 1.29 is 9.13 Å². The summed E-state index contributed by atoms with van der Waals surface area (Å²) < 4.78 is 18.6. The summed E-state index contributed by atoms with van der Waals surface area (Å²) in [5, 5.41) is 3.41. The maximum Gasteiger partial charge on any atom is 0.218 e. The average molecular weight is 274 g/mol. The Morgan fingerprint density at radius 2 is 2.10 bits per heavy atom. The highest BCUT2D eigenvalue weighted by atomic mass is 19.1. The zero-order valence-electron chi connectivity index (χ0n) is 12.0. The van der Waals surface area contributed by atoms with Crippen LogP contribution >= 0.6 is 0 Å². The van der Waals surface area contributed by atoms with Gasteiger partial charge in [-0.15, -0.1) is 0 Å². The van der Waals surface area contributed by atoms with Crippen molar-refractivity contribution in [3.05, 3.63) is 59.0 Å². The van der Waals surface area contributed by atoms with E-state index in [1.807, 2.05) is 32.0 Å². The van der Waals surface area contributed by atoms with Gasteiger partial charge >= 0.3 is 0 Å². The molecule has 1 atom stereocenters. The first-order valence-electron chi connectivity index (χ1n) is 6.65. The minimum absolute atomic E-state index is 0.0655. The lowest BCUT2D eigenvalue weighted by atomic mass is 9.95. The van der Waals surface area contributed by atoms with Crippen LogP contribution in [0.4, 0.5) is 4.39 Å². The van der Waals surface area contributed by atoms with Crippen LogP contribution in [0.25, 0.3) is 0 Å². The fourth-order valence-corrected chi connectivity index (χ4v) is 2.35. The highest BCUT2D eigenvalue weighted by Crippen LogP contribution is 2.30. The SMILES string of the molecule is CCNC(c1ccc(F)cc1C)c1cccnc1OC. The van der Waals surface area contributed by atoms with E-state index in [0.717, 1.165) is 23.2 Å². The number of aryl methyl sites for hydroxylation is 1. The van der Waals surface area contributed by atoms with Crippen LogP contribution in [0, 0.1) is 12.7 Å². The fraction of sp³-hybridized carbons (Fsp3) is 0.312. The molecule has 2 rings (SSSR count). The third-order valence-corrected chi connectivity index (χ3v) is 3.26. The number of halogens is 1. The molecule has 1 heterocycles. The molecule has 0 saturated heterocycles. The maximum absolute atomic E-state index is 13.3. The van der Waals surface area contributed by atoms with Gasteiger partial charge in [0, 0.05) is 11.8 Å². The highest BCUT2D eigenvalue weighted by Gasteiger charge is 2.19. The Kier molecular flexibility index (Phi) is 4.69. The number of hydrogen-bond acceptors (Lipinski definition) is 3. The molecule has 0 spiro atoms. The minimum Gasteiger partial charge on any atom is -0.481 e. The van der Waals surface area contributed by atoms with Crippen LogP contribution in [0.1, 0.15) is 29.7 Å². The Hall–Kier alpha value is -1.94. The Labute approximate surface area is 118 Å². The smallest absolute Gasteiger partial charge is 0.218 e. The molecule has 0 amide bonds. The summed E-state index contributed by atoms with van der Waals surface area (Å²) >= 11 is 0. The number of pyridine rings is 1. The fourth-order valence-electron chi connectivity index (χ4n) is 2.35. The largest absolute Gasteiger partial charge is 0.481 e. The molecule has 1 N–H and O–H groups in total. The quantitative estimate of drug-likeness (QED) is 0.909. The van der Waals surface area contributed by atoms with Gasteiger partial charge in [-0.2, -0.15) is 0 Å². The maximum atomic E-state index is 13.3. The minimum atomic E-state index is -0.223. The zero-order valence-corrected chi connectivity index (χ0v) is 12.0. The summed E-state index contributed by atoms with van der Waals surface area (Å²) in [5.41, 5.74) is 2.88. The first-order chi connectivity index (χ1) is 9.67. The molecule has 0 aliphatic heterocycles. The molecular weight excluding hydrogens is 255 g/mol. The average Bonchev–Trinajstić information content (AvgIpc) is 2.45. The van der Waals surface area contributed by atoms with Crippen LogP contribution in [0.5, 0.6) is 5.88 Å². The van der Waals surface area contributed by atoms with E-state index in [1.54, 1.807) is 19.4 Å². The van der Waals surface area contributed by atoms with Gasteiger partial charge in [0.15, 0.2) is 0 Å². The van der Waals surface area contributed by atoms with Crippen LogP contribution in [0.2, 0.25) is 0 Å². The number of nitrogens with one attached hydrogen (secondary N) is 1. The molecule has 1 aromatic carbocycles. The first-order valence-corrected chi connectivity index (χ1v) is 6.65. The van der Waals surface area contributed by atoms with Gasteiger partial charge in [0.25, 0.3) is 0 Å². The zero-order chi connectivity index (χ0) is 14.5. The Morgan fingerprint density at radius 1 is 1.30 bits per heavy atom. The lowest BCUT2D eigenvalue weighted by molar-refractivity contribution is 0.387. The molecule has 3 nitrogen and oxygen atoms in total. The molecule has 1 unspecified atom stereocenters. The summed E-state index contributed by atoms with van der Waals surface area (Å²) in [4.78, 5) is 4.24. The summed E-state index contributed by atoms with van der Waals surface area (Å²) in [6, 6.07) is 8.62. The van der Waals surface area contributed by atoms with Gasteiger partial charge in [-0.05, 0) is 42.8 Å². The van der Waals surface area contributed by atoms with Crippen molar-refractivity contribution in [1.29, 1.82) is 0 Å². The van der Waals surface area contributed by atoms with Crippen LogP contribution in [0.3, 0.4) is 0 Å². The lowest BCUT2D eigenvalue weighted by Crippen LogP contribution is -2.23. The normalized spacial score (nSPS) is 12.2. The molecule has 0 aliphatic carbocycles. The van der Waals surface area contributed by atoms with Crippen molar-refractivity contribution in [3.63, 3.8) is 0 Å². The number of benzene rings is 1. The van der Waals surface area contributed by atoms with Gasteiger partial charge in [-0.1, -0.05) is 19.1 Å². The molecule has 0 fully saturated rings. The van der Waals surface area contributed by atoms with Crippen molar-refractivity contribution in [1.82, 2.24) is 10.3 Å². The van der Waals surface area contributed by atoms with E-state index >= 15 is 0 Å². The number of hydrogen-bond donors (Lipinski definition) is 1. The van der Waals surface area contributed by atoms with Crippen molar-refractivity contribution in [3.8, 4) is 5.88 Å². The summed E-state index contributed by atoms with van der Waals surface area (Å²) in [6.45, 7) is 4.74. The molecule has 0 aliphatic rings. The van der Waals surface area contributed by atoms with E-state index < -0.39 is 0 Å². The monoisotopic (exact) mass is 274 g/mol. The van der Waals surface area contributed by atoms with Gasteiger partial charge in [-0.25, -0.2) is 9.37 Å². The van der Waals surface area contributed by atoms with Crippen molar-refractivity contribution in [2.24, 2.45) is 0 Å². The van der Waals surface area contributed by atoms with Gasteiger partial charge in [0.2, 0.25) is 5.88 Å². The molecule has 20 heavy (non-hydrogen) atoms. The van der Waals surface area contributed by atoms with E-state index in [0.29, 0.717) is 5.88 Å². The number of rotatable bonds is 5. The number of ether oxygens (including phenoxy) is 1. The summed E-state index contributed by atoms with van der Waals surface area (Å²) in [6.07, 6.45) is 1.70. The van der Waals surface area contributed by atoms with Gasteiger partial charge in [0.1, 0.15) is 5.82 Å². The van der Waals surface area contributed by atoms with E-state index in [1.165, 1.54) is 6.07 Å². The first kappa shape index (κ1) is 14.5. The summed E-state index contributed by atoms with van der Waals surface area (Å²) in [5.74, 6) is 0.363. The Morgan fingerprint density at radius 3 is 2.75 bits per heavy atom. The van der Waals surface area contributed by atoms with Crippen molar-refractivity contribution in [2.75, 3.05) is 13.7 Å². The predicted octanol–water partition coefficient (Wildman–Crippen LogP) is 3.24. The van der Waals surface area contributed by atoms with Gasteiger partial charge in [-0.3, -0.25) is 0 Å². The van der Waals surface area contributed by atoms with Crippen LogP contribution in [-0.2, 0) is 0 Å². The molecule has 0 radical (unpaired) electrons. The van der Waals surface area contributed by atoms with Crippen LogP contribution in [0.15, 0.2) is 36.5 Å². The Balaban J connectivity index is 2.50. The van der Waals surface area contributed by atoms with Crippen LogP contribution in [-0.4, -0.2) is 18.6 Å².